The van der Waals surface area contributed by atoms with Crippen molar-refractivity contribution in [3.63, 3.8) is 0 Å². The van der Waals surface area contributed by atoms with Crippen LogP contribution in [0.2, 0.25) is 0 Å². The number of carbonyl (C=O) groups excluding carboxylic acids is 2. The maximum atomic E-state index is 12.9. The molecule has 1 unspecified atom stereocenters. The predicted octanol–water partition coefficient (Wildman–Crippen LogP) is 6.35. The summed E-state index contributed by atoms with van der Waals surface area (Å²) in [6.45, 7) is 9.11. The zero-order valence-corrected chi connectivity index (χ0v) is 24.4. The zero-order chi connectivity index (χ0) is 29.6. The van der Waals surface area contributed by atoms with Gasteiger partial charge in [-0.2, -0.15) is 18.3 Å². The van der Waals surface area contributed by atoms with E-state index in [1.54, 1.807) is 31.2 Å². The Labute approximate surface area is 228 Å². The summed E-state index contributed by atoms with van der Waals surface area (Å²) in [5, 5.41) is 7.68. The molecule has 0 radical (unpaired) electrons. The molecule has 0 aliphatic carbocycles. The van der Waals surface area contributed by atoms with E-state index >= 15 is 0 Å². The van der Waals surface area contributed by atoms with Crippen LogP contribution in [-0.2, 0) is 21.6 Å². The normalized spacial score (nSPS) is 13.4. The number of aromatic nitrogens is 3. The van der Waals surface area contributed by atoms with Crippen LogP contribution in [0.4, 0.5) is 18.9 Å². The number of hydrogen-bond acceptors (Lipinski definition) is 6. The van der Waals surface area contributed by atoms with E-state index in [-0.39, 0.29) is 22.1 Å². The minimum Gasteiger partial charge on any atom is -0.388 e. The highest BCUT2D eigenvalue weighted by atomic mass is 32.3. The number of hydrogen-bond donors (Lipinski definition) is 1. The molecule has 0 aliphatic rings. The van der Waals surface area contributed by atoms with Crippen molar-refractivity contribution < 1.29 is 31.7 Å². The molecule has 1 atom stereocenters. The topological polar surface area (TPSA) is 95.3 Å². The van der Waals surface area contributed by atoms with Crippen LogP contribution in [0, 0.1) is 0 Å². The Bertz CT molecular complexity index is 1290. The second-order valence-corrected chi connectivity index (χ2v) is 14.2. The lowest BCUT2D eigenvalue weighted by Crippen LogP contribution is -2.28. The fourth-order valence-electron chi connectivity index (χ4n) is 3.28. The second-order valence-electron chi connectivity index (χ2n) is 10.3. The number of rotatable bonds is 8. The minimum atomic E-state index is -4.68. The van der Waals surface area contributed by atoms with E-state index in [0.29, 0.717) is 23.7 Å². The fraction of sp³-hybridized carbons (Fsp3) is 0.481. The van der Waals surface area contributed by atoms with Crippen molar-refractivity contribution >= 4 is 39.1 Å². The number of halogens is 3. The van der Waals surface area contributed by atoms with Crippen molar-refractivity contribution in [2.24, 2.45) is 0 Å². The summed E-state index contributed by atoms with van der Waals surface area (Å²) in [5.41, 5.74) is -0.713. The van der Waals surface area contributed by atoms with E-state index < -0.39 is 33.8 Å². The van der Waals surface area contributed by atoms with E-state index in [1.807, 2.05) is 6.92 Å². The molecule has 2 aromatic heterocycles. The lowest BCUT2D eigenvalue weighted by molar-refractivity contribution is -0.141. The smallest absolute Gasteiger partial charge is 0.388 e. The molecule has 0 aliphatic heterocycles. The van der Waals surface area contributed by atoms with Gasteiger partial charge >= 0.3 is 6.18 Å². The average molecular weight is 571 g/mol. The molecule has 0 bridgehead atoms. The molecule has 0 saturated heterocycles. The van der Waals surface area contributed by atoms with Crippen molar-refractivity contribution in [1.29, 1.82) is 0 Å². The number of carbonyl (C=O) groups is 2. The first-order valence-electron chi connectivity index (χ1n) is 12.2. The van der Waals surface area contributed by atoms with Crippen LogP contribution in [0.15, 0.2) is 36.5 Å². The number of fused-ring (bicyclic) bond motifs is 1. The number of alkyl halides is 3. The van der Waals surface area contributed by atoms with Gasteiger partial charge in [0.1, 0.15) is 11.4 Å². The highest BCUT2D eigenvalue weighted by Gasteiger charge is 2.33. The van der Waals surface area contributed by atoms with E-state index in [2.05, 4.69) is 53.4 Å². The number of anilines is 1. The zero-order valence-electron chi connectivity index (χ0n) is 23.5. The van der Waals surface area contributed by atoms with Crippen LogP contribution in [0.1, 0.15) is 60.7 Å². The third-order valence-corrected chi connectivity index (χ3v) is 9.77. The summed E-state index contributed by atoms with van der Waals surface area (Å²) in [6.07, 6.45) is 2.71. The predicted molar refractivity (Wildman–Crippen MR) is 150 cm³/mol. The van der Waals surface area contributed by atoms with E-state index in [9.17, 15) is 22.8 Å². The summed E-state index contributed by atoms with van der Waals surface area (Å²) in [7, 11) is 1.99. The maximum Gasteiger partial charge on any atom is 0.433 e. The molecule has 1 amide bonds. The minimum absolute atomic E-state index is 0.0156. The van der Waals surface area contributed by atoms with Gasteiger partial charge in [-0.15, -0.1) is 10.3 Å². The Kier molecular flexibility index (Phi) is 10.7. The third-order valence-electron chi connectivity index (χ3n) is 6.01. The van der Waals surface area contributed by atoms with Gasteiger partial charge in [-0.1, -0.05) is 26.8 Å². The maximum absolute atomic E-state index is 12.9. The molecular formula is C27H37F3N4O4S. The number of ether oxygens (including phenoxy) is 1. The molecule has 8 nitrogen and oxygen atoms in total. The largest absolute Gasteiger partial charge is 0.433 e. The highest BCUT2D eigenvalue weighted by molar-refractivity contribution is 8.29. The molecule has 0 saturated carbocycles. The van der Waals surface area contributed by atoms with Crippen molar-refractivity contribution in [3.8, 4) is 0 Å². The van der Waals surface area contributed by atoms with Gasteiger partial charge in [-0.3, -0.25) is 14.3 Å². The monoisotopic (exact) mass is 570 g/mol. The van der Waals surface area contributed by atoms with Crippen molar-refractivity contribution in [1.82, 2.24) is 14.8 Å². The Hall–Kier alpha value is -2.96. The number of benzene rings is 1. The van der Waals surface area contributed by atoms with E-state index in [1.165, 1.54) is 12.1 Å². The van der Waals surface area contributed by atoms with Crippen molar-refractivity contribution in [2.75, 3.05) is 32.0 Å². The van der Waals surface area contributed by atoms with Crippen LogP contribution in [0.3, 0.4) is 0 Å². The molecule has 216 valence electrons. The molecule has 2 heterocycles. The van der Waals surface area contributed by atoms with Crippen LogP contribution in [0.25, 0.3) is 10.9 Å². The Balaban J connectivity index is 0.00000170. The average Bonchev–Trinajstić information content (AvgIpc) is 3.23. The van der Waals surface area contributed by atoms with Gasteiger partial charge in [0.25, 0.3) is 5.91 Å². The Morgan fingerprint density at radius 2 is 1.82 bits per heavy atom. The number of pyridine rings is 1. The molecule has 39 heavy (non-hydrogen) atoms. The second kappa shape index (κ2) is 12.9. The van der Waals surface area contributed by atoms with Gasteiger partial charge in [-0.05, 0) is 50.1 Å². The van der Waals surface area contributed by atoms with Gasteiger partial charge in [0, 0.05) is 42.7 Å². The number of nitrogens with one attached hydrogen (secondary N) is 1. The number of methoxy groups -OCH3 is 1. The number of amides is 1. The van der Waals surface area contributed by atoms with Gasteiger partial charge in [0.05, 0.1) is 17.3 Å². The molecular weight excluding hydrogens is 533 g/mol. The van der Waals surface area contributed by atoms with E-state index in [0.717, 1.165) is 18.6 Å². The first-order chi connectivity index (χ1) is 18.0. The SMILES string of the molecule is CC(CCn1cc2cc(NC(=O)c3cccc(C(F)(F)F)n3)c(C=O)cc2n1)OS(C)(C)C(C)(C)C.COC. The molecule has 12 heteroatoms. The quantitative estimate of drug-likeness (QED) is 0.317. The van der Waals surface area contributed by atoms with Gasteiger partial charge in [0.15, 0.2) is 6.29 Å². The summed E-state index contributed by atoms with van der Waals surface area (Å²) < 4.78 is 51.2. The summed E-state index contributed by atoms with van der Waals surface area (Å²) >= 11 is 0. The molecule has 3 rings (SSSR count). The lowest BCUT2D eigenvalue weighted by atomic mass is 10.1. The van der Waals surface area contributed by atoms with Crippen molar-refractivity contribution in [2.45, 2.75) is 57.7 Å². The van der Waals surface area contributed by atoms with Gasteiger partial charge < -0.3 is 14.2 Å². The molecule has 1 aromatic carbocycles. The van der Waals surface area contributed by atoms with Crippen LogP contribution in [0.5, 0.6) is 0 Å². The summed E-state index contributed by atoms with van der Waals surface area (Å²) in [4.78, 5) is 27.6. The number of aryl methyl sites for hydroxylation is 1. The Morgan fingerprint density at radius 1 is 1.18 bits per heavy atom. The van der Waals surface area contributed by atoms with Gasteiger partial charge in [-0.25, -0.2) is 4.98 Å². The Morgan fingerprint density at radius 3 is 2.38 bits per heavy atom. The van der Waals surface area contributed by atoms with E-state index in [4.69, 9.17) is 4.18 Å². The first-order valence-corrected chi connectivity index (χ1v) is 14.5. The third kappa shape index (κ3) is 8.77. The van der Waals surface area contributed by atoms with Crippen LogP contribution in [-0.4, -0.2) is 64.5 Å². The van der Waals surface area contributed by atoms with Crippen LogP contribution >= 0.6 is 10.3 Å². The summed E-state index contributed by atoms with van der Waals surface area (Å²) in [6, 6.07) is 6.16. The van der Waals surface area contributed by atoms with Crippen molar-refractivity contribution in [3.05, 3.63) is 53.5 Å². The van der Waals surface area contributed by atoms with Crippen LogP contribution < -0.4 is 5.32 Å². The molecule has 0 spiro atoms. The van der Waals surface area contributed by atoms with Gasteiger partial charge in [0.2, 0.25) is 0 Å². The number of nitrogens with zero attached hydrogens (tertiary/aromatic N) is 3. The first kappa shape index (κ1) is 32.3. The lowest BCUT2D eigenvalue weighted by Gasteiger charge is -2.45. The highest BCUT2D eigenvalue weighted by Crippen LogP contribution is 2.54. The summed E-state index contributed by atoms with van der Waals surface area (Å²) in [5.74, 6) is -0.856. The molecule has 3 aromatic rings. The standard InChI is InChI=1S/C25H31F3N4O3S.C2H6O/c1-16(35-36(5,6)24(2,3)4)10-11-32-14-17-12-20(18(15-33)13-21(17)31-32)30-23(34)19-8-7-9-22(29-19)25(26,27)28;1-3-2/h7-9,12-16H,10-11H2,1-6H3,(H,30,34);1-2H3. The molecule has 0 fully saturated rings. The molecule has 1 N–H and O–H groups in total. The fourth-order valence-corrected chi connectivity index (χ4v) is 4.49. The number of aldehydes is 1.